The smallest absolute Gasteiger partial charge is 0.123 e. The highest BCUT2D eigenvalue weighted by molar-refractivity contribution is 5.02. The van der Waals surface area contributed by atoms with Gasteiger partial charge >= 0.3 is 0 Å². The predicted molar refractivity (Wildman–Crippen MR) is 51.7 cm³/mol. The molecule has 0 aliphatic rings. The molecule has 0 unspecified atom stereocenters. The maximum absolute atomic E-state index is 11.9. The molecular weight excluding hydrogens is 163 g/mol. The van der Waals surface area contributed by atoms with Crippen molar-refractivity contribution in [1.29, 1.82) is 0 Å². The Morgan fingerprint density at radius 3 is 1.54 bits per heavy atom. The minimum absolute atomic E-state index is 0.178. The van der Waals surface area contributed by atoms with Gasteiger partial charge in [0, 0.05) is 0 Å². The largest absolute Gasteiger partial charge is 0.207 e. The molecule has 1 heteroatoms. The summed E-state index contributed by atoms with van der Waals surface area (Å²) in [6, 6.07) is 20.4. The first-order valence-electron chi connectivity index (χ1n) is 4.01. The van der Waals surface area contributed by atoms with Gasteiger partial charge in [-0.05, 0) is 18.2 Å². The molecule has 2 aromatic rings. The van der Waals surface area contributed by atoms with Crippen LogP contribution in [-0.2, 0) is 0 Å². The van der Waals surface area contributed by atoms with Crippen LogP contribution in [-0.4, -0.2) is 0 Å². The van der Waals surface area contributed by atoms with E-state index in [2.05, 4.69) is 6.07 Å². The molecule has 65 valence electrons. The van der Waals surface area contributed by atoms with Crippen molar-refractivity contribution in [3.05, 3.63) is 72.5 Å². The lowest BCUT2D eigenvalue weighted by Crippen LogP contribution is -1.63. The molecule has 0 fully saturated rings. The van der Waals surface area contributed by atoms with Crippen LogP contribution in [0.4, 0.5) is 4.39 Å². The summed E-state index contributed by atoms with van der Waals surface area (Å²) in [7, 11) is 0. The zero-order valence-corrected chi connectivity index (χ0v) is 7.15. The third kappa shape index (κ3) is 4.75. The zero-order valence-electron chi connectivity index (χ0n) is 7.15. The van der Waals surface area contributed by atoms with Crippen LogP contribution in [0, 0.1) is 11.9 Å². The molecule has 0 aromatic heterocycles. The van der Waals surface area contributed by atoms with E-state index in [-0.39, 0.29) is 5.82 Å². The average molecular weight is 173 g/mol. The van der Waals surface area contributed by atoms with Crippen molar-refractivity contribution < 1.29 is 4.39 Å². The van der Waals surface area contributed by atoms with Gasteiger partial charge in [-0.25, -0.2) is 4.39 Å². The highest BCUT2D eigenvalue weighted by atomic mass is 19.1. The SMILES string of the molecule is Fc1ccccc1.[c]1ccccc1. The third-order valence-corrected chi connectivity index (χ3v) is 1.34. The van der Waals surface area contributed by atoms with Crippen molar-refractivity contribution >= 4 is 0 Å². The fourth-order valence-corrected chi connectivity index (χ4v) is 0.757. The molecule has 0 N–H and O–H groups in total. The topological polar surface area (TPSA) is 0 Å². The van der Waals surface area contributed by atoms with E-state index < -0.39 is 0 Å². The Morgan fingerprint density at radius 2 is 1.31 bits per heavy atom. The lowest BCUT2D eigenvalue weighted by Gasteiger charge is -1.78. The van der Waals surface area contributed by atoms with Crippen molar-refractivity contribution in [2.75, 3.05) is 0 Å². The van der Waals surface area contributed by atoms with Gasteiger partial charge < -0.3 is 0 Å². The molecule has 1 radical (unpaired) electrons. The normalized spacial score (nSPS) is 8.38. The van der Waals surface area contributed by atoms with E-state index in [1.807, 2.05) is 30.3 Å². The van der Waals surface area contributed by atoms with E-state index in [1.165, 1.54) is 12.1 Å². The molecule has 0 saturated heterocycles. The van der Waals surface area contributed by atoms with Gasteiger partial charge in [0.05, 0.1) is 0 Å². The second kappa shape index (κ2) is 5.95. The minimum Gasteiger partial charge on any atom is -0.207 e. The maximum Gasteiger partial charge on any atom is 0.123 e. The standard InChI is InChI=1S/C6H5F.C6H5/c7-6-4-2-1-3-5-6;1-2-4-6-5-3-1/h1-5H;1-5H. The molecule has 0 aliphatic heterocycles. The third-order valence-electron chi connectivity index (χ3n) is 1.34. The summed E-state index contributed by atoms with van der Waals surface area (Å²) in [6.07, 6.45) is 0. The minimum atomic E-state index is -0.178. The van der Waals surface area contributed by atoms with Crippen LogP contribution in [0.1, 0.15) is 0 Å². The Hall–Kier alpha value is -1.63. The van der Waals surface area contributed by atoms with Crippen LogP contribution >= 0.6 is 0 Å². The summed E-state index contributed by atoms with van der Waals surface area (Å²) in [4.78, 5) is 0. The summed E-state index contributed by atoms with van der Waals surface area (Å²) < 4.78 is 11.9. The van der Waals surface area contributed by atoms with E-state index in [4.69, 9.17) is 0 Å². The fourth-order valence-electron chi connectivity index (χ4n) is 0.757. The number of hydrogen-bond acceptors (Lipinski definition) is 0. The van der Waals surface area contributed by atoms with Crippen LogP contribution < -0.4 is 0 Å². The maximum atomic E-state index is 11.9. The van der Waals surface area contributed by atoms with E-state index in [0.717, 1.165) is 0 Å². The predicted octanol–water partition coefficient (Wildman–Crippen LogP) is 3.31. The van der Waals surface area contributed by atoms with Crippen LogP contribution in [0.25, 0.3) is 0 Å². The fraction of sp³-hybridized carbons (Fsp3) is 0. The van der Waals surface area contributed by atoms with Crippen molar-refractivity contribution in [3.8, 4) is 0 Å². The molecule has 0 atom stereocenters. The first-order chi connectivity index (χ1) is 6.39. The summed E-state index contributed by atoms with van der Waals surface area (Å²) >= 11 is 0. The van der Waals surface area contributed by atoms with Crippen molar-refractivity contribution in [3.63, 3.8) is 0 Å². The van der Waals surface area contributed by atoms with Crippen LogP contribution in [0.15, 0.2) is 60.7 Å². The molecule has 0 nitrogen and oxygen atoms in total. The number of halogens is 1. The second-order valence-electron chi connectivity index (χ2n) is 2.37. The van der Waals surface area contributed by atoms with Crippen molar-refractivity contribution in [2.45, 2.75) is 0 Å². The van der Waals surface area contributed by atoms with Gasteiger partial charge in [0.25, 0.3) is 0 Å². The summed E-state index contributed by atoms with van der Waals surface area (Å²) in [6.45, 7) is 0. The Labute approximate surface area is 77.7 Å². The van der Waals surface area contributed by atoms with E-state index >= 15 is 0 Å². The highest BCUT2D eigenvalue weighted by Crippen LogP contribution is 1.91. The van der Waals surface area contributed by atoms with Gasteiger partial charge in [0.2, 0.25) is 0 Å². The molecular formula is C12H10F. The Bertz CT molecular complexity index is 276. The first-order valence-corrected chi connectivity index (χ1v) is 4.01. The summed E-state index contributed by atoms with van der Waals surface area (Å²) in [5.41, 5.74) is 0. The monoisotopic (exact) mass is 173 g/mol. The van der Waals surface area contributed by atoms with E-state index in [9.17, 15) is 4.39 Å². The van der Waals surface area contributed by atoms with Gasteiger partial charge in [-0.15, -0.1) is 0 Å². The molecule has 2 rings (SSSR count). The molecule has 13 heavy (non-hydrogen) atoms. The number of rotatable bonds is 0. The van der Waals surface area contributed by atoms with Gasteiger partial charge in [-0.2, -0.15) is 0 Å². The molecule has 0 saturated carbocycles. The van der Waals surface area contributed by atoms with Gasteiger partial charge in [0.15, 0.2) is 0 Å². The molecule has 0 aliphatic carbocycles. The number of benzene rings is 2. The molecule has 0 amide bonds. The molecule has 0 spiro atoms. The summed E-state index contributed by atoms with van der Waals surface area (Å²) in [5, 5.41) is 0. The molecule has 0 bridgehead atoms. The van der Waals surface area contributed by atoms with Gasteiger partial charge in [-0.1, -0.05) is 48.5 Å². The molecule has 2 aromatic carbocycles. The Balaban J connectivity index is 0.000000132. The second-order valence-corrected chi connectivity index (χ2v) is 2.37. The van der Waals surface area contributed by atoms with Crippen molar-refractivity contribution in [1.82, 2.24) is 0 Å². The first kappa shape index (κ1) is 9.46. The lowest BCUT2D eigenvalue weighted by atomic mass is 10.4. The van der Waals surface area contributed by atoms with E-state index in [0.29, 0.717) is 0 Å². The van der Waals surface area contributed by atoms with Crippen LogP contribution in [0.3, 0.4) is 0 Å². The van der Waals surface area contributed by atoms with E-state index in [1.54, 1.807) is 18.2 Å². The summed E-state index contributed by atoms with van der Waals surface area (Å²) in [5.74, 6) is -0.178. The van der Waals surface area contributed by atoms with Crippen molar-refractivity contribution in [2.24, 2.45) is 0 Å². The average Bonchev–Trinajstić information content (AvgIpc) is 2.22. The van der Waals surface area contributed by atoms with Crippen LogP contribution in [0.2, 0.25) is 0 Å². The molecule has 0 heterocycles. The number of hydrogen-bond donors (Lipinski definition) is 0. The Kier molecular flexibility index (Phi) is 4.33. The quantitative estimate of drug-likeness (QED) is 0.573. The van der Waals surface area contributed by atoms with Gasteiger partial charge in [-0.3, -0.25) is 0 Å². The lowest BCUT2D eigenvalue weighted by molar-refractivity contribution is 0.628. The van der Waals surface area contributed by atoms with Gasteiger partial charge in [0.1, 0.15) is 5.82 Å². The Morgan fingerprint density at radius 1 is 0.769 bits per heavy atom. The van der Waals surface area contributed by atoms with Crippen LogP contribution in [0.5, 0.6) is 0 Å². The zero-order chi connectivity index (χ0) is 9.36. The highest BCUT2D eigenvalue weighted by Gasteiger charge is 1.77.